The van der Waals surface area contributed by atoms with Gasteiger partial charge in [0, 0.05) is 25.5 Å². The summed E-state index contributed by atoms with van der Waals surface area (Å²) in [5.41, 5.74) is 2.69. The lowest BCUT2D eigenvalue weighted by Gasteiger charge is -2.32. The standard InChI is InChI=1S/C37H49F2N3O4/c1-10-46-34(45)21-27(31-20-28(17-26(6)36(31)39)35-24(4)18-29(38)19-25(35)5)11-13-32(43)37(7,22-23(2)3)42-33(44)14-12-30(40-42)15-16-41(8)9/h12,14,17-20,23,27H,10-11,13,15-16,21-22H2,1-9H3/t27-,37?/m0/s1. The Morgan fingerprint density at radius 1 is 1.02 bits per heavy atom. The zero-order chi connectivity index (χ0) is 34.3. The third kappa shape index (κ3) is 8.96. The van der Waals surface area contributed by atoms with Crippen molar-refractivity contribution in [3.63, 3.8) is 0 Å². The molecule has 2 atom stereocenters. The van der Waals surface area contributed by atoms with Crippen molar-refractivity contribution < 1.29 is 23.1 Å². The molecule has 0 fully saturated rings. The Kier molecular flexibility index (Phi) is 12.6. The number of aromatic nitrogens is 2. The summed E-state index contributed by atoms with van der Waals surface area (Å²) >= 11 is 0. The number of aryl methyl sites for hydroxylation is 3. The van der Waals surface area contributed by atoms with E-state index in [0.717, 1.165) is 12.1 Å². The molecule has 2 aromatic carbocycles. The predicted octanol–water partition coefficient (Wildman–Crippen LogP) is 7.07. The molecule has 0 radical (unpaired) electrons. The van der Waals surface area contributed by atoms with E-state index in [1.165, 1.54) is 22.9 Å². The number of Topliss-reactive ketones (excluding diaryl/α,β-unsaturated/α-hetero) is 1. The number of carbonyl (C=O) groups is 2. The van der Waals surface area contributed by atoms with Crippen LogP contribution in [0.5, 0.6) is 0 Å². The second-order valence-electron chi connectivity index (χ2n) is 13.3. The molecule has 3 aromatic rings. The molecular weight excluding hydrogens is 588 g/mol. The summed E-state index contributed by atoms with van der Waals surface area (Å²) in [6, 6.07) is 9.46. The van der Waals surface area contributed by atoms with Gasteiger partial charge in [-0.2, -0.15) is 5.10 Å². The molecule has 7 nitrogen and oxygen atoms in total. The summed E-state index contributed by atoms with van der Waals surface area (Å²) in [5, 5.41) is 4.64. The van der Waals surface area contributed by atoms with Crippen LogP contribution in [-0.2, 0) is 26.3 Å². The first kappa shape index (κ1) is 36.7. The highest BCUT2D eigenvalue weighted by atomic mass is 19.1. The second kappa shape index (κ2) is 15.7. The molecule has 0 N–H and O–H groups in total. The zero-order valence-corrected chi connectivity index (χ0v) is 28.8. The van der Waals surface area contributed by atoms with E-state index in [9.17, 15) is 18.8 Å². The average Bonchev–Trinajstić information content (AvgIpc) is 2.95. The van der Waals surface area contributed by atoms with Crippen LogP contribution in [0.1, 0.15) is 87.2 Å². The van der Waals surface area contributed by atoms with E-state index in [0.29, 0.717) is 46.4 Å². The quantitative estimate of drug-likeness (QED) is 0.166. The minimum Gasteiger partial charge on any atom is -0.466 e. The number of esters is 1. The van der Waals surface area contributed by atoms with Crippen LogP contribution in [0.25, 0.3) is 11.1 Å². The summed E-state index contributed by atoms with van der Waals surface area (Å²) in [6.45, 7) is 13.6. The highest BCUT2D eigenvalue weighted by Crippen LogP contribution is 2.37. The largest absolute Gasteiger partial charge is 0.466 e. The van der Waals surface area contributed by atoms with Crippen LogP contribution in [-0.4, -0.2) is 53.7 Å². The lowest BCUT2D eigenvalue weighted by Crippen LogP contribution is -2.47. The summed E-state index contributed by atoms with van der Waals surface area (Å²) in [4.78, 5) is 42.2. The van der Waals surface area contributed by atoms with Crippen LogP contribution < -0.4 is 5.56 Å². The molecule has 0 spiro atoms. The SMILES string of the molecule is CCOC(=O)C[C@H](CCC(=O)C(C)(CC(C)C)n1nc(CCN(C)C)ccc1=O)c1cc(-c2c(C)cc(F)cc2C)cc(C)c1F. The van der Waals surface area contributed by atoms with E-state index in [-0.39, 0.29) is 48.9 Å². The fraction of sp³-hybridized carbons (Fsp3) is 0.514. The molecule has 0 bridgehead atoms. The smallest absolute Gasteiger partial charge is 0.306 e. The van der Waals surface area contributed by atoms with Gasteiger partial charge in [0.05, 0.1) is 18.7 Å². The van der Waals surface area contributed by atoms with E-state index >= 15 is 4.39 Å². The zero-order valence-electron chi connectivity index (χ0n) is 28.8. The van der Waals surface area contributed by atoms with Crippen molar-refractivity contribution in [2.24, 2.45) is 5.92 Å². The van der Waals surface area contributed by atoms with Crippen molar-refractivity contribution in [1.29, 1.82) is 0 Å². The normalized spacial score (nSPS) is 13.6. The van der Waals surface area contributed by atoms with Gasteiger partial charge in [-0.1, -0.05) is 13.8 Å². The van der Waals surface area contributed by atoms with Crippen LogP contribution in [0.15, 0.2) is 41.2 Å². The fourth-order valence-corrected chi connectivity index (χ4v) is 6.36. The molecule has 250 valence electrons. The first-order chi connectivity index (χ1) is 21.6. The Morgan fingerprint density at radius 3 is 2.26 bits per heavy atom. The Labute approximate surface area is 272 Å². The van der Waals surface area contributed by atoms with Gasteiger partial charge in [-0.05, 0) is 137 Å². The third-order valence-electron chi connectivity index (χ3n) is 8.49. The maximum Gasteiger partial charge on any atom is 0.306 e. The first-order valence-corrected chi connectivity index (χ1v) is 16.1. The fourth-order valence-electron chi connectivity index (χ4n) is 6.36. The molecule has 0 amide bonds. The highest BCUT2D eigenvalue weighted by molar-refractivity contribution is 5.86. The monoisotopic (exact) mass is 637 g/mol. The van der Waals surface area contributed by atoms with Crippen LogP contribution in [0.4, 0.5) is 8.78 Å². The van der Waals surface area contributed by atoms with Crippen LogP contribution in [0, 0.1) is 38.3 Å². The molecule has 1 unspecified atom stereocenters. The molecule has 0 saturated heterocycles. The van der Waals surface area contributed by atoms with Gasteiger partial charge in [0.1, 0.15) is 17.2 Å². The first-order valence-electron chi connectivity index (χ1n) is 16.1. The van der Waals surface area contributed by atoms with Gasteiger partial charge in [-0.3, -0.25) is 14.4 Å². The van der Waals surface area contributed by atoms with Gasteiger partial charge in [0.2, 0.25) is 0 Å². The van der Waals surface area contributed by atoms with Crippen molar-refractivity contribution in [2.45, 2.75) is 92.0 Å². The van der Waals surface area contributed by atoms with Crippen LogP contribution in [0.3, 0.4) is 0 Å². The lowest BCUT2D eigenvalue weighted by molar-refractivity contribution is -0.143. The van der Waals surface area contributed by atoms with Gasteiger partial charge in [0.15, 0.2) is 5.78 Å². The summed E-state index contributed by atoms with van der Waals surface area (Å²) in [6.07, 6.45) is 1.01. The number of likely N-dealkylation sites (N-methyl/N-ethyl adjacent to an activating group) is 1. The number of ketones is 1. The van der Waals surface area contributed by atoms with Gasteiger partial charge in [0.25, 0.3) is 5.56 Å². The lowest BCUT2D eigenvalue weighted by atomic mass is 9.81. The summed E-state index contributed by atoms with van der Waals surface area (Å²) in [5.74, 6) is -2.12. The molecule has 0 saturated carbocycles. The summed E-state index contributed by atoms with van der Waals surface area (Å²) < 4.78 is 36.6. The maximum atomic E-state index is 15.9. The topological polar surface area (TPSA) is 81.5 Å². The minimum absolute atomic E-state index is 0.0132. The molecule has 0 aliphatic carbocycles. The minimum atomic E-state index is -1.24. The number of carbonyl (C=O) groups excluding carboxylic acids is 2. The van der Waals surface area contributed by atoms with E-state index in [1.807, 2.05) is 32.8 Å². The van der Waals surface area contributed by atoms with E-state index in [4.69, 9.17) is 4.74 Å². The Hall–Kier alpha value is -3.72. The molecule has 1 aromatic heterocycles. The number of rotatable bonds is 15. The number of nitrogens with zero attached hydrogens (tertiary/aromatic N) is 3. The van der Waals surface area contributed by atoms with Gasteiger partial charge in [-0.15, -0.1) is 0 Å². The Morgan fingerprint density at radius 2 is 1.67 bits per heavy atom. The molecule has 0 aliphatic heterocycles. The van der Waals surface area contributed by atoms with E-state index in [1.54, 1.807) is 52.8 Å². The molecular formula is C37H49F2N3O4. The van der Waals surface area contributed by atoms with Gasteiger partial charge >= 0.3 is 5.97 Å². The predicted molar refractivity (Wildman–Crippen MR) is 178 cm³/mol. The Bertz CT molecular complexity index is 1590. The number of halogens is 2. The van der Waals surface area contributed by atoms with E-state index < -0.39 is 23.2 Å². The third-order valence-corrected chi connectivity index (χ3v) is 8.49. The molecule has 46 heavy (non-hydrogen) atoms. The average molecular weight is 638 g/mol. The van der Waals surface area contributed by atoms with Crippen LogP contribution >= 0.6 is 0 Å². The van der Waals surface area contributed by atoms with Gasteiger partial charge < -0.3 is 9.64 Å². The number of hydrogen-bond donors (Lipinski definition) is 0. The number of hydrogen-bond acceptors (Lipinski definition) is 6. The van der Waals surface area contributed by atoms with Crippen molar-refractivity contribution >= 4 is 11.8 Å². The van der Waals surface area contributed by atoms with Crippen LogP contribution in [0.2, 0.25) is 0 Å². The Balaban J connectivity index is 2.05. The molecule has 1 heterocycles. The van der Waals surface area contributed by atoms with Crippen molar-refractivity contribution in [1.82, 2.24) is 14.7 Å². The molecule has 3 rings (SSSR count). The molecule has 9 heteroatoms. The maximum absolute atomic E-state index is 15.9. The second-order valence-corrected chi connectivity index (χ2v) is 13.3. The van der Waals surface area contributed by atoms with Crippen molar-refractivity contribution in [3.8, 4) is 11.1 Å². The van der Waals surface area contributed by atoms with Gasteiger partial charge in [-0.25, -0.2) is 13.5 Å². The number of ether oxygens (including phenoxy) is 1. The highest BCUT2D eigenvalue weighted by Gasteiger charge is 2.38. The van der Waals surface area contributed by atoms with Crippen molar-refractivity contribution in [2.75, 3.05) is 27.2 Å². The van der Waals surface area contributed by atoms with Crippen molar-refractivity contribution in [3.05, 3.63) is 86.3 Å². The van der Waals surface area contributed by atoms with E-state index in [2.05, 4.69) is 5.10 Å². The number of benzene rings is 2. The molecule has 0 aliphatic rings. The summed E-state index contributed by atoms with van der Waals surface area (Å²) in [7, 11) is 3.91.